The van der Waals surface area contributed by atoms with E-state index in [1.165, 1.54) is 11.1 Å². The molecule has 0 saturated carbocycles. The van der Waals surface area contributed by atoms with E-state index in [-0.39, 0.29) is 0 Å². The number of rotatable bonds is 9. The van der Waals surface area contributed by atoms with E-state index in [1.807, 2.05) is 0 Å². The van der Waals surface area contributed by atoms with E-state index >= 15 is 0 Å². The van der Waals surface area contributed by atoms with Gasteiger partial charge in [0, 0.05) is 13.1 Å². The minimum atomic E-state index is 1.03. The van der Waals surface area contributed by atoms with Crippen molar-refractivity contribution >= 4 is 0 Å². The van der Waals surface area contributed by atoms with Crippen LogP contribution in [0.15, 0.2) is 60.7 Å². The zero-order chi connectivity index (χ0) is 13.9. The summed E-state index contributed by atoms with van der Waals surface area (Å²) >= 11 is 0. The highest BCUT2D eigenvalue weighted by Crippen LogP contribution is 1.98. The summed E-state index contributed by atoms with van der Waals surface area (Å²) in [6.45, 7) is 4.15. The van der Waals surface area contributed by atoms with Crippen molar-refractivity contribution in [2.45, 2.75) is 12.8 Å². The van der Waals surface area contributed by atoms with Crippen molar-refractivity contribution in [3.8, 4) is 0 Å². The molecule has 2 heteroatoms. The summed E-state index contributed by atoms with van der Waals surface area (Å²) in [4.78, 5) is 0. The summed E-state index contributed by atoms with van der Waals surface area (Å²) < 4.78 is 0. The summed E-state index contributed by atoms with van der Waals surface area (Å²) in [6, 6.07) is 21.2. The highest BCUT2D eigenvalue weighted by molar-refractivity contribution is 5.15. The zero-order valence-corrected chi connectivity index (χ0v) is 12.0. The summed E-state index contributed by atoms with van der Waals surface area (Å²) in [5.74, 6) is 0. The van der Waals surface area contributed by atoms with Gasteiger partial charge in [0.25, 0.3) is 0 Å². The fourth-order valence-electron chi connectivity index (χ4n) is 2.18. The van der Waals surface area contributed by atoms with Crippen LogP contribution in [0.2, 0.25) is 0 Å². The van der Waals surface area contributed by atoms with Crippen molar-refractivity contribution in [1.82, 2.24) is 10.6 Å². The van der Waals surface area contributed by atoms with Crippen molar-refractivity contribution in [3.63, 3.8) is 0 Å². The van der Waals surface area contributed by atoms with Crippen molar-refractivity contribution < 1.29 is 0 Å². The summed E-state index contributed by atoms with van der Waals surface area (Å²) in [7, 11) is 0. The minimum absolute atomic E-state index is 1.03. The topological polar surface area (TPSA) is 24.1 Å². The van der Waals surface area contributed by atoms with E-state index < -0.39 is 0 Å². The lowest BCUT2D eigenvalue weighted by molar-refractivity contribution is 0.611. The third kappa shape index (κ3) is 6.00. The van der Waals surface area contributed by atoms with Crippen LogP contribution in [-0.2, 0) is 12.8 Å². The molecule has 0 atom stereocenters. The average molecular weight is 268 g/mol. The molecule has 0 aliphatic rings. The van der Waals surface area contributed by atoms with E-state index in [2.05, 4.69) is 71.3 Å². The first-order chi connectivity index (χ1) is 9.95. The molecule has 0 aliphatic heterocycles. The monoisotopic (exact) mass is 268 g/mol. The van der Waals surface area contributed by atoms with E-state index in [4.69, 9.17) is 0 Å². The molecule has 2 N–H and O–H groups in total. The predicted molar refractivity (Wildman–Crippen MR) is 86.0 cm³/mol. The van der Waals surface area contributed by atoms with E-state index in [0.29, 0.717) is 0 Å². The Bertz CT molecular complexity index is 408. The molecule has 20 heavy (non-hydrogen) atoms. The maximum atomic E-state index is 3.47. The Hall–Kier alpha value is -1.64. The SMILES string of the molecule is c1ccc(CCNCCNCCc2ccccc2)cc1. The first-order valence-electron chi connectivity index (χ1n) is 7.44. The number of nitrogens with one attached hydrogen (secondary N) is 2. The van der Waals surface area contributed by atoms with Gasteiger partial charge in [0.15, 0.2) is 0 Å². The fraction of sp³-hybridized carbons (Fsp3) is 0.333. The second kappa shape index (κ2) is 9.29. The van der Waals surface area contributed by atoms with Gasteiger partial charge in [0.1, 0.15) is 0 Å². The summed E-state index contributed by atoms with van der Waals surface area (Å²) in [5, 5.41) is 6.94. The van der Waals surface area contributed by atoms with Crippen LogP contribution in [0.5, 0.6) is 0 Å². The lowest BCUT2D eigenvalue weighted by Crippen LogP contribution is -2.29. The molecule has 2 nitrogen and oxygen atoms in total. The molecule has 0 heterocycles. The summed E-state index contributed by atoms with van der Waals surface area (Å²) in [5.41, 5.74) is 2.80. The van der Waals surface area contributed by atoms with E-state index in [1.54, 1.807) is 0 Å². The Morgan fingerprint density at radius 2 is 0.900 bits per heavy atom. The molecule has 0 fully saturated rings. The number of hydrogen-bond acceptors (Lipinski definition) is 2. The van der Waals surface area contributed by atoms with Gasteiger partial charge in [-0.1, -0.05) is 60.7 Å². The molecule has 0 amide bonds. The largest absolute Gasteiger partial charge is 0.315 e. The molecule has 0 bridgehead atoms. The van der Waals surface area contributed by atoms with Gasteiger partial charge in [-0.2, -0.15) is 0 Å². The number of benzene rings is 2. The molecule has 2 aromatic rings. The van der Waals surface area contributed by atoms with Crippen molar-refractivity contribution in [2.24, 2.45) is 0 Å². The second-order valence-electron chi connectivity index (χ2n) is 4.97. The fourth-order valence-corrected chi connectivity index (χ4v) is 2.18. The highest BCUT2D eigenvalue weighted by Gasteiger charge is 1.93. The smallest absolute Gasteiger partial charge is 0.00768 e. The van der Waals surface area contributed by atoms with Crippen LogP contribution in [-0.4, -0.2) is 26.2 Å². The summed E-state index contributed by atoms with van der Waals surface area (Å²) in [6.07, 6.45) is 2.20. The van der Waals surface area contributed by atoms with Gasteiger partial charge >= 0.3 is 0 Å². The van der Waals surface area contributed by atoms with Crippen LogP contribution in [0.25, 0.3) is 0 Å². The highest BCUT2D eigenvalue weighted by atomic mass is 14.9. The molecule has 0 unspecified atom stereocenters. The van der Waals surface area contributed by atoms with E-state index in [0.717, 1.165) is 39.0 Å². The standard InChI is InChI=1S/C18H24N2/c1-3-7-17(8-4-1)11-13-19-15-16-20-14-12-18-9-5-2-6-10-18/h1-10,19-20H,11-16H2. The minimum Gasteiger partial charge on any atom is -0.315 e. The van der Waals surface area contributed by atoms with Gasteiger partial charge in [-0.15, -0.1) is 0 Å². The number of hydrogen-bond donors (Lipinski definition) is 2. The van der Waals surface area contributed by atoms with Gasteiger partial charge in [-0.3, -0.25) is 0 Å². The van der Waals surface area contributed by atoms with Crippen molar-refractivity contribution in [1.29, 1.82) is 0 Å². The average Bonchev–Trinajstić information content (AvgIpc) is 2.52. The van der Waals surface area contributed by atoms with Gasteiger partial charge in [0.05, 0.1) is 0 Å². The van der Waals surface area contributed by atoms with Gasteiger partial charge in [0.2, 0.25) is 0 Å². The molecular formula is C18H24N2. The van der Waals surface area contributed by atoms with Gasteiger partial charge < -0.3 is 10.6 Å². The maximum absolute atomic E-state index is 3.47. The molecule has 2 aromatic carbocycles. The lowest BCUT2D eigenvalue weighted by Gasteiger charge is -2.07. The van der Waals surface area contributed by atoms with Crippen LogP contribution in [0.4, 0.5) is 0 Å². The molecule has 0 spiro atoms. The van der Waals surface area contributed by atoms with Crippen LogP contribution in [0.1, 0.15) is 11.1 Å². The Morgan fingerprint density at radius 3 is 1.30 bits per heavy atom. The molecule has 0 radical (unpaired) electrons. The quantitative estimate of drug-likeness (QED) is 0.683. The Morgan fingerprint density at radius 1 is 0.500 bits per heavy atom. The third-order valence-corrected chi connectivity index (χ3v) is 3.35. The predicted octanol–water partition coefficient (Wildman–Crippen LogP) is 2.65. The lowest BCUT2D eigenvalue weighted by atomic mass is 10.1. The van der Waals surface area contributed by atoms with Crippen LogP contribution in [0, 0.1) is 0 Å². The molecule has 2 rings (SSSR count). The Balaban J connectivity index is 1.44. The molecule has 0 aromatic heterocycles. The zero-order valence-electron chi connectivity index (χ0n) is 12.0. The molecular weight excluding hydrogens is 244 g/mol. The molecule has 0 aliphatic carbocycles. The van der Waals surface area contributed by atoms with Crippen LogP contribution < -0.4 is 10.6 Å². The second-order valence-corrected chi connectivity index (χ2v) is 4.97. The van der Waals surface area contributed by atoms with Crippen molar-refractivity contribution in [3.05, 3.63) is 71.8 Å². The molecule has 106 valence electrons. The van der Waals surface area contributed by atoms with Crippen LogP contribution in [0.3, 0.4) is 0 Å². The maximum Gasteiger partial charge on any atom is 0.00768 e. The van der Waals surface area contributed by atoms with Gasteiger partial charge in [-0.05, 0) is 37.1 Å². The van der Waals surface area contributed by atoms with Gasteiger partial charge in [-0.25, -0.2) is 0 Å². The first-order valence-corrected chi connectivity index (χ1v) is 7.44. The normalized spacial score (nSPS) is 10.6. The molecule has 0 saturated heterocycles. The van der Waals surface area contributed by atoms with Crippen LogP contribution >= 0.6 is 0 Å². The Kier molecular flexibility index (Phi) is 6.86. The van der Waals surface area contributed by atoms with E-state index in [9.17, 15) is 0 Å². The third-order valence-electron chi connectivity index (χ3n) is 3.35. The first kappa shape index (κ1) is 14.8. The Labute approximate surface area is 122 Å². The van der Waals surface area contributed by atoms with Crippen molar-refractivity contribution in [2.75, 3.05) is 26.2 Å².